The van der Waals surface area contributed by atoms with E-state index in [1.54, 1.807) is 16.7 Å². The molecule has 0 saturated carbocycles. The molecular formula is C11H19NO4S. The zero-order valence-corrected chi connectivity index (χ0v) is 11.1. The summed E-state index contributed by atoms with van der Waals surface area (Å²) < 4.78 is 10.0. The molecule has 1 aliphatic rings. The summed E-state index contributed by atoms with van der Waals surface area (Å²) in [6.07, 6.45) is 2.51. The molecule has 0 aromatic rings. The Kier molecular flexibility index (Phi) is 6.36. The summed E-state index contributed by atoms with van der Waals surface area (Å²) in [5.41, 5.74) is 0. The Morgan fingerprint density at radius 3 is 2.94 bits per heavy atom. The fraction of sp³-hybridized carbons (Fsp3) is 0.818. The number of hydrogen-bond acceptors (Lipinski definition) is 5. The van der Waals surface area contributed by atoms with E-state index < -0.39 is 0 Å². The zero-order valence-electron chi connectivity index (χ0n) is 10.3. The predicted octanol–water partition coefficient (Wildman–Crippen LogP) is 0.530. The van der Waals surface area contributed by atoms with Gasteiger partial charge in [0, 0.05) is 25.3 Å². The largest absolute Gasteiger partial charge is 0.469 e. The van der Waals surface area contributed by atoms with Crippen molar-refractivity contribution in [2.24, 2.45) is 0 Å². The van der Waals surface area contributed by atoms with E-state index in [1.165, 1.54) is 7.11 Å². The van der Waals surface area contributed by atoms with Crippen LogP contribution in [0, 0.1) is 0 Å². The van der Waals surface area contributed by atoms with Gasteiger partial charge in [-0.15, -0.1) is 0 Å². The van der Waals surface area contributed by atoms with Gasteiger partial charge in [-0.25, -0.2) is 0 Å². The second-order valence-corrected chi connectivity index (χ2v) is 4.84. The van der Waals surface area contributed by atoms with Gasteiger partial charge in [0.2, 0.25) is 5.91 Å². The number of ether oxygens (including phenoxy) is 2. The average Bonchev–Trinajstić information content (AvgIpc) is 2.36. The third kappa shape index (κ3) is 4.95. The molecule has 0 spiro atoms. The smallest absolute Gasteiger partial charge is 0.308 e. The molecule has 1 rings (SSSR count). The van der Waals surface area contributed by atoms with Crippen LogP contribution >= 0.6 is 11.8 Å². The molecule has 1 amide bonds. The van der Waals surface area contributed by atoms with Gasteiger partial charge in [-0.05, 0) is 6.26 Å². The first kappa shape index (κ1) is 14.3. The molecular weight excluding hydrogens is 242 g/mol. The van der Waals surface area contributed by atoms with Gasteiger partial charge in [-0.2, -0.15) is 11.8 Å². The molecule has 5 nitrogen and oxygen atoms in total. The summed E-state index contributed by atoms with van der Waals surface area (Å²) >= 11 is 1.66. The molecule has 6 heteroatoms. The lowest BCUT2D eigenvalue weighted by molar-refractivity contribution is -0.149. The Hall–Kier alpha value is -0.750. The van der Waals surface area contributed by atoms with E-state index in [0.717, 1.165) is 5.75 Å². The Bertz CT molecular complexity index is 272. The van der Waals surface area contributed by atoms with Crippen molar-refractivity contribution in [2.75, 3.05) is 38.8 Å². The van der Waals surface area contributed by atoms with Gasteiger partial charge in [0.15, 0.2) is 0 Å². The lowest BCUT2D eigenvalue weighted by atomic mass is 10.2. The Labute approximate surface area is 106 Å². The Morgan fingerprint density at radius 2 is 2.29 bits per heavy atom. The molecule has 0 bridgehead atoms. The van der Waals surface area contributed by atoms with Crippen LogP contribution in [0.15, 0.2) is 0 Å². The van der Waals surface area contributed by atoms with Gasteiger partial charge >= 0.3 is 5.97 Å². The quantitative estimate of drug-likeness (QED) is 0.676. The first-order valence-electron chi connectivity index (χ1n) is 5.62. The maximum absolute atomic E-state index is 11.8. The van der Waals surface area contributed by atoms with E-state index in [0.29, 0.717) is 26.1 Å². The lowest BCUT2D eigenvalue weighted by Crippen LogP contribution is -2.46. The summed E-state index contributed by atoms with van der Waals surface area (Å²) in [6.45, 7) is 1.60. The third-order valence-electron chi connectivity index (χ3n) is 2.63. The number of rotatable bonds is 5. The number of carbonyl (C=O) groups is 2. The zero-order chi connectivity index (χ0) is 12.7. The molecule has 17 heavy (non-hydrogen) atoms. The second-order valence-electron chi connectivity index (χ2n) is 3.86. The topological polar surface area (TPSA) is 55.8 Å². The van der Waals surface area contributed by atoms with Crippen LogP contribution in [0.3, 0.4) is 0 Å². The van der Waals surface area contributed by atoms with Gasteiger partial charge in [0.1, 0.15) is 0 Å². The lowest BCUT2D eigenvalue weighted by Gasteiger charge is -2.32. The van der Waals surface area contributed by atoms with Crippen LogP contribution in [-0.2, 0) is 19.1 Å². The summed E-state index contributed by atoms with van der Waals surface area (Å²) in [5, 5.41) is 0. The number of thioether (sulfide) groups is 1. The maximum atomic E-state index is 11.8. The van der Waals surface area contributed by atoms with Crippen molar-refractivity contribution in [2.45, 2.75) is 18.9 Å². The number of methoxy groups -OCH3 is 1. The standard InChI is InChI=1S/C11H19NO4S/c1-15-11(14)7-9-8-12(4-5-16-9)10(13)3-6-17-2/h9H,3-8H2,1-2H3. The van der Waals surface area contributed by atoms with Gasteiger partial charge < -0.3 is 14.4 Å². The molecule has 1 atom stereocenters. The van der Waals surface area contributed by atoms with E-state index in [-0.39, 0.29) is 24.4 Å². The second kappa shape index (κ2) is 7.55. The Morgan fingerprint density at radius 1 is 1.53 bits per heavy atom. The minimum absolute atomic E-state index is 0.137. The monoisotopic (exact) mass is 261 g/mol. The summed E-state index contributed by atoms with van der Waals surface area (Å²) in [4.78, 5) is 24.7. The molecule has 0 aromatic carbocycles. The van der Waals surface area contributed by atoms with Crippen molar-refractivity contribution in [3.8, 4) is 0 Å². The van der Waals surface area contributed by atoms with E-state index >= 15 is 0 Å². The first-order valence-corrected chi connectivity index (χ1v) is 7.02. The van der Waals surface area contributed by atoms with E-state index in [1.807, 2.05) is 6.26 Å². The fourth-order valence-corrected chi connectivity index (χ4v) is 2.06. The van der Waals surface area contributed by atoms with E-state index in [4.69, 9.17) is 4.74 Å². The molecule has 98 valence electrons. The average molecular weight is 261 g/mol. The minimum Gasteiger partial charge on any atom is -0.469 e. The van der Waals surface area contributed by atoms with Gasteiger partial charge in [0.25, 0.3) is 0 Å². The molecule has 1 saturated heterocycles. The molecule has 0 radical (unpaired) electrons. The molecule has 1 unspecified atom stereocenters. The van der Waals surface area contributed by atoms with Crippen molar-refractivity contribution >= 4 is 23.6 Å². The van der Waals surface area contributed by atoms with Crippen LogP contribution in [0.1, 0.15) is 12.8 Å². The van der Waals surface area contributed by atoms with E-state index in [2.05, 4.69) is 4.74 Å². The van der Waals surface area contributed by atoms with Crippen LogP contribution in [0.2, 0.25) is 0 Å². The molecule has 0 N–H and O–H groups in total. The number of hydrogen-bond donors (Lipinski definition) is 0. The minimum atomic E-state index is -0.298. The summed E-state index contributed by atoms with van der Waals surface area (Å²) in [5.74, 6) is 0.670. The molecule has 1 fully saturated rings. The highest BCUT2D eigenvalue weighted by Gasteiger charge is 2.25. The first-order chi connectivity index (χ1) is 8.17. The molecule has 0 aliphatic carbocycles. The summed E-state index contributed by atoms with van der Waals surface area (Å²) in [7, 11) is 1.35. The van der Waals surface area contributed by atoms with Gasteiger partial charge in [0.05, 0.1) is 26.2 Å². The van der Waals surface area contributed by atoms with Crippen molar-refractivity contribution in [3.05, 3.63) is 0 Å². The van der Waals surface area contributed by atoms with Gasteiger partial charge in [-0.3, -0.25) is 9.59 Å². The normalized spacial score (nSPS) is 20.1. The highest BCUT2D eigenvalue weighted by molar-refractivity contribution is 7.98. The SMILES string of the molecule is COC(=O)CC1CN(C(=O)CCSC)CCO1. The van der Waals surface area contributed by atoms with Crippen LogP contribution in [0.25, 0.3) is 0 Å². The highest BCUT2D eigenvalue weighted by atomic mass is 32.2. The van der Waals surface area contributed by atoms with Crippen LogP contribution in [-0.4, -0.2) is 61.7 Å². The van der Waals surface area contributed by atoms with Crippen LogP contribution in [0.5, 0.6) is 0 Å². The predicted molar refractivity (Wildman–Crippen MR) is 66.0 cm³/mol. The third-order valence-corrected chi connectivity index (χ3v) is 3.25. The van der Waals surface area contributed by atoms with Gasteiger partial charge in [-0.1, -0.05) is 0 Å². The Balaban J connectivity index is 2.37. The van der Waals surface area contributed by atoms with Crippen LogP contribution < -0.4 is 0 Å². The van der Waals surface area contributed by atoms with Crippen molar-refractivity contribution < 1.29 is 19.1 Å². The van der Waals surface area contributed by atoms with Crippen molar-refractivity contribution in [1.29, 1.82) is 0 Å². The number of nitrogens with zero attached hydrogens (tertiary/aromatic N) is 1. The number of esters is 1. The number of carbonyl (C=O) groups excluding carboxylic acids is 2. The molecule has 1 aliphatic heterocycles. The maximum Gasteiger partial charge on any atom is 0.308 e. The van der Waals surface area contributed by atoms with Crippen molar-refractivity contribution in [3.63, 3.8) is 0 Å². The summed E-state index contributed by atoms with van der Waals surface area (Å²) in [6, 6.07) is 0. The highest BCUT2D eigenvalue weighted by Crippen LogP contribution is 2.11. The van der Waals surface area contributed by atoms with Crippen molar-refractivity contribution in [1.82, 2.24) is 4.90 Å². The molecule has 0 aromatic heterocycles. The van der Waals surface area contributed by atoms with E-state index in [9.17, 15) is 9.59 Å². The number of amides is 1. The van der Waals surface area contributed by atoms with Crippen LogP contribution in [0.4, 0.5) is 0 Å². The molecule has 1 heterocycles. The fourth-order valence-electron chi connectivity index (χ4n) is 1.69. The number of morpholine rings is 1.